The highest BCUT2D eigenvalue weighted by Crippen LogP contribution is 2.32. The second-order valence-corrected chi connectivity index (χ2v) is 6.51. The van der Waals surface area contributed by atoms with Gasteiger partial charge in [-0.15, -0.1) is 0 Å². The minimum Gasteiger partial charge on any atom is -0.374 e. The molecule has 0 saturated carbocycles. The fraction of sp³-hybridized carbons (Fsp3) is 0.833. The van der Waals surface area contributed by atoms with Crippen molar-refractivity contribution in [3.63, 3.8) is 0 Å². The average molecular weight is 308 g/mol. The maximum absolute atomic E-state index is 12.1. The van der Waals surface area contributed by atoms with Gasteiger partial charge in [-0.05, 0) is 6.42 Å². The van der Waals surface area contributed by atoms with Crippen LogP contribution in [0.3, 0.4) is 0 Å². The molecule has 0 fully saturated rings. The van der Waals surface area contributed by atoms with E-state index >= 15 is 0 Å². The molecule has 0 rings (SSSR count). The molecule has 112 valence electrons. The van der Waals surface area contributed by atoms with Crippen molar-refractivity contribution in [3.8, 4) is 0 Å². The zero-order valence-corrected chi connectivity index (χ0v) is 13.2. The lowest BCUT2D eigenvalue weighted by atomic mass is 9.80. The van der Waals surface area contributed by atoms with Crippen LogP contribution >= 0.6 is 25.3 Å². The lowest BCUT2D eigenvalue weighted by Gasteiger charge is -2.34. The number of nitrogens with two attached hydrogens (primary N) is 2. The Hall–Kier alpha value is -0.0800. The SMILES string of the molecule is CCCC(C)(S)CC(O)(C(=O)CN)C(=O)C(N)CS. The summed E-state index contributed by atoms with van der Waals surface area (Å²) < 4.78 is -0.652. The van der Waals surface area contributed by atoms with E-state index in [4.69, 9.17) is 11.5 Å². The molecular weight excluding hydrogens is 284 g/mol. The molecule has 0 amide bonds. The van der Waals surface area contributed by atoms with Crippen molar-refractivity contribution in [2.24, 2.45) is 11.5 Å². The Morgan fingerprint density at radius 2 is 1.95 bits per heavy atom. The summed E-state index contributed by atoms with van der Waals surface area (Å²) in [5, 5.41) is 10.5. The van der Waals surface area contributed by atoms with Gasteiger partial charge in [0.2, 0.25) is 0 Å². The second kappa shape index (κ2) is 7.64. The van der Waals surface area contributed by atoms with Crippen molar-refractivity contribution in [3.05, 3.63) is 0 Å². The van der Waals surface area contributed by atoms with Crippen LogP contribution in [0.5, 0.6) is 0 Å². The van der Waals surface area contributed by atoms with E-state index in [1.54, 1.807) is 6.92 Å². The first-order valence-corrected chi connectivity index (χ1v) is 7.31. The number of ketones is 2. The molecule has 0 aromatic heterocycles. The van der Waals surface area contributed by atoms with Crippen molar-refractivity contribution in [2.45, 2.75) is 49.5 Å². The highest BCUT2D eigenvalue weighted by molar-refractivity contribution is 7.81. The number of hydrogen-bond acceptors (Lipinski definition) is 7. The molecule has 0 aliphatic carbocycles. The summed E-state index contributed by atoms with van der Waals surface area (Å²) in [6.45, 7) is 3.31. The van der Waals surface area contributed by atoms with Crippen LogP contribution in [0.15, 0.2) is 0 Å². The first-order valence-electron chi connectivity index (χ1n) is 6.23. The first kappa shape index (κ1) is 18.9. The van der Waals surface area contributed by atoms with Gasteiger partial charge in [-0.25, -0.2) is 0 Å². The number of thiol groups is 2. The van der Waals surface area contributed by atoms with E-state index in [9.17, 15) is 14.7 Å². The van der Waals surface area contributed by atoms with E-state index in [2.05, 4.69) is 25.3 Å². The third-order valence-electron chi connectivity index (χ3n) is 3.01. The van der Waals surface area contributed by atoms with E-state index in [0.717, 1.165) is 6.42 Å². The molecule has 7 heteroatoms. The van der Waals surface area contributed by atoms with Gasteiger partial charge in [0.05, 0.1) is 12.6 Å². The van der Waals surface area contributed by atoms with Gasteiger partial charge in [0.15, 0.2) is 17.2 Å². The molecule has 5 nitrogen and oxygen atoms in total. The molecule has 5 N–H and O–H groups in total. The Labute approximate surface area is 125 Å². The third kappa shape index (κ3) is 5.07. The zero-order chi connectivity index (χ0) is 15.3. The number of rotatable bonds is 9. The molecule has 0 bridgehead atoms. The van der Waals surface area contributed by atoms with Crippen LogP contribution in [-0.2, 0) is 9.59 Å². The molecule has 0 aromatic rings. The molecule has 19 heavy (non-hydrogen) atoms. The van der Waals surface area contributed by atoms with Crippen LogP contribution in [0.25, 0.3) is 0 Å². The summed E-state index contributed by atoms with van der Waals surface area (Å²) in [6.07, 6.45) is 1.37. The maximum Gasteiger partial charge on any atom is 0.189 e. The lowest BCUT2D eigenvalue weighted by Crippen LogP contribution is -2.58. The van der Waals surface area contributed by atoms with Gasteiger partial charge in [0.25, 0.3) is 0 Å². The minimum absolute atomic E-state index is 0.0516. The van der Waals surface area contributed by atoms with Gasteiger partial charge in [-0.1, -0.05) is 20.3 Å². The number of carbonyl (C=O) groups is 2. The van der Waals surface area contributed by atoms with Crippen LogP contribution in [0, 0.1) is 0 Å². The Morgan fingerprint density at radius 1 is 1.42 bits per heavy atom. The van der Waals surface area contributed by atoms with Gasteiger partial charge in [0.1, 0.15) is 0 Å². The number of hydrogen-bond donors (Lipinski definition) is 5. The molecule has 3 atom stereocenters. The van der Waals surface area contributed by atoms with Crippen molar-refractivity contribution in [2.75, 3.05) is 12.3 Å². The largest absolute Gasteiger partial charge is 0.374 e. The van der Waals surface area contributed by atoms with Crippen LogP contribution in [0.4, 0.5) is 0 Å². The summed E-state index contributed by atoms with van der Waals surface area (Å²) in [6, 6.07) is -1.01. The first-order chi connectivity index (χ1) is 8.64. The number of carbonyl (C=O) groups excluding carboxylic acids is 2. The van der Waals surface area contributed by atoms with Crippen LogP contribution in [0.1, 0.15) is 33.1 Å². The highest BCUT2D eigenvalue weighted by Gasteiger charge is 2.47. The molecule has 0 spiro atoms. The summed E-state index contributed by atoms with van der Waals surface area (Å²) in [7, 11) is 0. The number of aliphatic hydroxyl groups is 1. The Bertz CT molecular complexity index is 337. The highest BCUT2D eigenvalue weighted by atomic mass is 32.1. The molecule has 0 aliphatic heterocycles. The molecular formula is C12H24N2O3S2. The summed E-state index contributed by atoms with van der Waals surface area (Å²) >= 11 is 8.34. The summed E-state index contributed by atoms with van der Waals surface area (Å²) in [5.41, 5.74) is 8.69. The predicted octanol–water partition coefficient (Wildman–Crippen LogP) is -0.0498. The molecule has 0 aromatic carbocycles. The lowest BCUT2D eigenvalue weighted by molar-refractivity contribution is -0.152. The quantitative estimate of drug-likeness (QED) is 0.303. The molecule has 0 saturated heterocycles. The second-order valence-electron chi connectivity index (χ2n) is 5.06. The fourth-order valence-electron chi connectivity index (χ4n) is 2.06. The molecule has 0 aliphatic rings. The monoisotopic (exact) mass is 308 g/mol. The normalized spacial score (nSPS) is 19.3. The Kier molecular flexibility index (Phi) is 7.60. The standard InChI is InChI=1S/C12H24N2O3S2/c1-3-4-11(2,19)7-12(17,9(15)5-13)10(16)8(14)6-18/h8,17-19H,3-7,13-14H2,1-2H3. The molecule has 3 unspecified atom stereocenters. The van der Waals surface area contributed by atoms with Crippen LogP contribution < -0.4 is 11.5 Å². The van der Waals surface area contributed by atoms with Crippen LogP contribution in [-0.4, -0.2) is 45.4 Å². The Balaban J connectivity index is 5.31. The van der Waals surface area contributed by atoms with Crippen molar-refractivity contribution >= 4 is 36.8 Å². The van der Waals surface area contributed by atoms with Gasteiger partial charge < -0.3 is 16.6 Å². The smallest absolute Gasteiger partial charge is 0.189 e. The van der Waals surface area contributed by atoms with E-state index < -0.39 is 34.5 Å². The number of Topliss-reactive ketones (excluding diaryl/α,β-unsaturated/α-hetero) is 2. The van der Waals surface area contributed by atoms with Crippen LogP contribution in [0.2, 0.25) is 0 Å². The van der Waals surface area contributed by atoms with Gasteiger partial charge >= 0.3 is 0 Å². The van der Waals surface area contributed by atoms with Crippen molar-refractivity contribution in [1.29, 1.82) is 0 Å². The van der Waals surface area contributed by atoms with E-state index in [-0.39, 0.29) is 12.2 Å². The summed E-state index contributed by atoms with van der Waals surface area (Å²) in [5.74, 6) is -1.42. The molecule has 0 heterocycles. The molecule has 0 radical (unpaired) electrons. The van der Waals surface area contributed by atoms with Gasteiger partial charge in [-0.3, -0.25) is 9.59 Å². The van der Waals surface area contributed by atoms with Crippen molar-refractivity contribution in [1.82, 2.24) is 0 Å². The van der Waals surface area contributed by atoms with Crippen molar-refractivity contribution < 1.29 is 14.7 Å². The van der Waals surface area contributed by atoms with Gasteiger partial charge in [-0.2, -0.15) is 25.3 Å². The maximum atomic E-state index is 12.1. The van der Waals surface area contributed by atoms with Gasteiger partial charge in [0, 0.05) is 16.9 Å². The minimum atomic E-state index is -2.18. The average Bonchev–Trinajstić information content (AvgIpc) is 2.34. The zero-order valence-electron chi connectivity index (χ0n) is 11.4. The fourth-order valence-corrected chi connectivity index (χ4v) is 2.68. The topological polar surface area (TPSA) is 106 Å². The summed E-state index contributed by atoms with van der Waals surface area (Å²) in [4.78, 5) is 24.0. The third-order valence-corrected chi connectivity index (χ3v) is 3.79. The van der Waals surface area contributed by atoms with E-state index in [0.29, 0.717) is 6.42 Å². The predicted molar refractivity (Wildman–Crippen MR) is 82.8 cm³/mol. The van der Waals surface area contributed by atoms with E-state index in [1.165, 1.54) is 0 Å². The van der Waals surface area contributed by atoms with E-state index in [1.807, 2.05) is 6.92 Å². The Morgan fingerprint density at radius 3 is 2.32 bits per heavy atom.